The number of rotatable bonds is 8. The van der Waals surface area contributed by atoms with Gasteiger partial charge in [-0.05, 0) is 11.6 Å². The topological polar surface area (TPSA) is 46.4 Å². The minimum absolute atomic E-state index is 0.461. The van der Waals surface area contributed by atoms with Crippen LogP contribution in [0.3, 0.4) is 0 Å². The molecule has 4 nitrogen and oxygen atoms in total. The van der Waals surface area contributed by atoms with Gasteiger partial charge in [-0.15, -0.1) is 24.8 Å². The molecule has 1 aromatic rings. The zero-order chi connectivity index (χ0) is 15.1. The summed E-state index contributed by atoms with van der Waals surface area (Å²) < 4.78 is 13.3. The van der Waals surface area contributed by atoms with Crippen LogP contribution in [-0.2, 0) is 0 Å². The smallest absolute Gasteiger partial charge is 0.294 e. The van der Waals surface area contributed by atoms with Gasteiger partial charge in [-0.1, -0.05) is 18.2 Å². The second-order valence-electron chi connectivity index (χ2n) is 4.23. The fraction of sp³-hybridized carbons (Fsp3) is 0.286. The van der Waals surface area contributed by atoms with Crippen LogP contribution in [0.5, 0.6) is 0 Å². The fourth-order valence-electron chi connectivity index (χ4n) is 1.79. The van der Waals surface area contributed by atoms with E-state index in [9.17, 15) is 14.5 Å². The average Bonchev–Trinajstić information content (AvgIpc) is 2.39. The van der Waals surface area contributed by atoms with Crippen molar-refractivity contribution in [3.8, 4) is 0 Å². The summed E-state index contributed by atoms with van der Waals surface area (Å²) in [5.74, 6) is -0.864. The van der Waals surface area contributed by atoms with E-state index in [4.69, 9.17) is 11.6 Å². The Labute approximate surface area is 122 Å². The van der Waals surface area contributed by atoms with E-state index < -0.39 is 21.8 Å². The van der Waals surface area contributed by atoms with Gasteiger partial charge in [0.15, 0.2) is 0 Å². The highest BCUT2D eigenvalue weighted by atomic mass is 35.5. The Balaban J connectivity index is 2.88. The standard InChI is InChI=1S/C14H16ClFN2O2/c1-3-7-17(8-4-2)10-12(15)11-5-6-13(16)14(9-11)18(19)20/h3-6,9,12H,1-2,7-8,10H2. The largest absolute Gasteiger partial charge is 0.305 e. The molecule has 0 N–H and O–H groups in total. The number of nitro benzene ring substituents is 1. The Morgan fingerprint density at radius 3 is 2.50 bits per heavy atom. The van der Waals surface area contributed by atoms with Crippen molar-refractivity contribution in [1.29, 1.82) is 0 Å². The number of nitrogens with zero attached hydrogens (tertiary/aromatic N) is 2. The Bertz CT molecular complexity index is 498. The van der Waals surface area contributed by atoms with Crippen molar-refractivity contribution in [1.82, 2.24) is 4.90 Å². The molecule has 1 unspecified atom stereocenters. The second kappa shape index (κ2) is 7.77. The molecule has 108 valence electrons. The van der Waals surface area contributed by atoms with E-state index in [2.05, 4.69) is 13.2 Å². The summed E-state index contributed by atoms with van der Waals surface area (Å²) in [6, 6.07) is 3.70. The van der Waals surface area contributed by atoms with Gasteiger partial charge in [0.2, 0.25) is 5.82 Å². The summed E-state index contributed by atoms with van der Waals surface area (Å²) in [6.45, 7) is 9.02. The lowest BCUT2D eigenvalue weighted by Crippen LogP contribution is -2.27. The molecule has 1 rings (SSSR count). The van der Waals surface area contributed by atoms with Crippen molar-refractivity contribution in [2.75, 3.05) is 19.6 Å². The summed E-state index contributed by atoms with van der Waals surface area (Å²) >= 11 is 6.25. The molecular weight excluding hydrogens is 283 g/mol. The van der Waals surface area contributed by atoms with E-state index in [0.717, 1.165) is 6.07 Å². The number of alkyl halides is 1. The Morgan fingerprint density at radius 1 is 1.40 bits per heavy atom. The number of halogens is 2. The number of nitro groups is 1. The van der Waals surface area contributed by atoms with Crippen LogP contribution in [-0.4, -0.2) is 29.5 Å². The van der Waals surface area contributed by atoms with Crippen molar-refractivity contribution in [2.24, 2.45) is 0 Å². The first-order chi connectivity index (χ1) is 9.49. The van der Waals surface area contributed by atoms with Gasteiger partial charge < -0.3 is 0 Å². The molecule has 0 aliphatic rings. The average molecular weight is 299 g/mol. The highest BCUT2D eigenvalue weighted by molar-refractivity contribution is 6.21. The van der Waals surface area contributed by atoms with Crippen molar-refractivity contribution in [3.05, 3.63) is 65.0 Å². The second-order valence-corrected chi connectivity index (χ2v) is 4.76. The molecule has 1 atom stereocenters. The molecule has 0 aliphatic heterocycles. The Kier molecular flexibility index (Phi) is 6.35. The van der Waals surface area contributed by atoms with E-state index in [1.165, 1.54) is 12.1 Å². The van der Waals surface area contributed by atoms with Crippen molar-refractivity contribution < 1.29 is 9.31 Å². The van der Waals surface area contributed by atoms with Gasteiger partial charge in [0.25, 0.3) is 0 Å². The van der Waals surface area contributed by atoms with E-state index in [0.29, 0.717) is 25.2 Å². The SMILES string of the molecule is C=CCN(CC=C)CC(Cl)c1ccc(F)c([N+](=O)[O-])c1. The first kappa shape index (κ1) is 16.3. The van der Waals surface area contributed by atoms with Gasteiger partial charge in [0.05, 0.1) is 10.3 Å². The Hall–Kier alpha value is -1.72. The van der Waals surface area contributed by atoms with Crippen LogP contribution in [0.25, 0.3) is 0 Å². The predicted octanol–water partition coefficient (Wildman–Crippen LogP) is 3.69. The molecule has 20 heavy (non-hydrogen) atoms. The molecule has 1 aromatic carbocycles. The molecule has 0 aromatic heterocycles. The van der Waals surface area contributed by atoms with Gasteiger partial charge in [-0.3, -0.25) is 15.0 Å². The third-order valence-corrected chi connectivity index (χ3v) is 3.11. The van der Waals surface area contributed by atoms with Gasteiger partial charge in [0, 0.05) is 25.7 Å². The summed E-state index contributed by atoms with van der Waals surface area (Å²) in [7, 11) is 0. The highest BCUT2D eigenvalue weighted by Gasteiger charge is 2.19. The van der Waals surface area contributed by atoms with Crippen LogP contribution in [0.4, 0.5) is 10.1 Å². The third kappa shape index (κ3) is 4.43. The van der Waals surface area contributed by atoms with Crippen LogP contribution in [0, 0.1) is 15.9 Å². The molecule has 0 heterocycles. The molecule has 0 spiro atoms. The molecule has 0 saturated carbocycles. The quantitative estimate of drug-likeness (QED) is 0.318. The minimum atomic E-state index is -0.864. The van der Waals surface area contributed by atoms with Gasteiger partial charge in [-0.2, -0.15) is 4.39 Å². The highest BCUT2D eigenvalue weighted by Crippen LogP contribution is 2.27. The monoisotopic (exact) mass is 298 g/mol. The van der Waals surface area contributed by atoms with Gasteiger partial charge in [0.1, 0.15) is 0 Å². The van der Waals surface area contributed by atoms with E-state index >= 15 is 0 Å². The molecule has 0 fully saturated rings. The first-order valence-electron chi connectivity index (χ1n) is 6.01. The lowest BCUT2D eigenvalue weighted by molar-refractivity contribution is -0.387. The molecule has 0 amide bonds. The summed E-state index contributed by atoms with van der Waals surface area (Å²) in [6.07, 6.45) is 3.47. The van der Waals surface area contributed by atoms with Gasteiger partial charge >= 0.3 is 5.69 Å². The first-order valence-corrected chi connectivity index (χ1v) is 6.45. The van der Waals surface area contributed by atoms with Crippen LogP contribution in [0.15, 0.2) is 43.5 Å². The number of benzene rings is 1. The zero-order valence-corrected chi connectivity index (χ0v) is 11.7. The van der Waals surface area contributed by atoms with Crippen molar-refractivity contribution in [3.63, 3.8) is 0 Å². The molecule has 0 bridgehead atoms. The Morgan fingerprint density at radius 2 is 2.00 bits per heavy atom. The van der Waals surface area contributed by atoms with Crippen LogP contribution < -0.4 is 0 Å². The summed E-state index contributed by atoms with van der Waals surface area (Å²) in [4.78, 5) is 11.9. The summed E-state index contributed by atoms with van der Waals surface area (Å²) in [5.41, 5.74) is -0.0509. The molecule has 0 radical (unpaired) electrons. The normalized spacial score (nSPS) is 12.2. The molecule has 6 heteroatoms. The number of hydrogen-bond acceptors (Lipinski definition) is 3. The van der Waals surface area contributed by atoms with E-state index in [1.807, 2.05) is 4.90 Å². The lowest BCUT2D eigenvalue weighted by atomic mass is 10.1. The fourth-order valence-corrected chi connectivity index (χ4v) is 2.12. The van der Waals surface area contributed by atoms with E-state index in [1.54, 1.807) is 12.2 Å². The third-order valence-electron chi connectivity index (χ3n) is 2.72. The van der Waals surface area contributed by atoms with Crippen LogP contribution in [0.1, 0.15) is 10.9 Å². The lowest BCUT2D eigenvalue weighted by Gasteiger charge is -2.22. The molecule has 0 saturated heterocycles. The maximum absolute atomic E-state index is 13.3. The van der Waals surface area contributed by atoms with Crippen LogP contribution >= 0.6 is 11.6 Å². The van der Waals surface area contributed by atoms with E-state index in [-0.39, 0.29) is 0 Å². The summed E-state index contributed by atoms with van der Waals surface area (Å²) in [5, 5.41) is 10.2. The zero-order valence-electron chi connectivity index (χ0n) is 11.0. The maximum atomic E-state index is 13.3. The van der Waals surface area contributed by atoms with Gasteiger partial charge in [-0.25, -0.2) is 0 Å². The van der Waals surface area contributed by atoms with Crippen molar-refractivity contribution in [2.45, 2.75) is 5.38 Å². The predicted molar refractivity (Wildman–Crippen MR) is 78.5 cm³/mol. The molecule has 0 aliphatic carbocycles. The number of hydrogen-bond donors (Lipinski definition) is 0. The van der Waals surface area contributed by atoms with Crippen molar-refractivity contribution >= 4 is 17.3 Å². The maximum Gasteiger partial charge on any atom is 0.305 e. The minimum Gasteiger partial charge on any atom is -0.294 e. The molecular formula is C14H16ClFN2O2. The van der Waals surface area contributed by atoms with Crippen LogP contribution in [0.2, 0.25) is 0 Å².